The number of nitrogens with one attached hydrogen (secondary N) is 1. The quantitative estimate of drug-likeness (QED) is 0.776. The third-order valence-electron chi connectivity index (χ3n) is 2.65. The number of hydrogen-bond acceptors (Lipinski definition) is 3. The molecule has 1 rings (SSSR count). The van der Waals surface area contributed by atoms with Crippen molar-refractivity contribution >= 4 is 26.0 Å². The number of nitrogens with zero attached hydrogens (tertiary/aromatic N) is 1. The lowest BCUT2D eigenvalue weighted by Crippen LogP contribution is -2.29. The van der Waals surface area contributed by atoms with Gasteiger partial charge in [0.2, 0.25) is 10.0 Å². The Morgan fingerprint density at radius 3 is 2.78 bits per heavy atom. The summed E-state index contributed by atoms with van der Waals surface area (Å²) in [4.78, 5) is 3.39. The van der Waals surface area contributed by atoms with Crippen molar-refractivity contribution in [2.24, 2.45) is 5.92 Å². The van der Waals surface area contributed by atoms with E-state index in [1.165, 1.54) is 0 Å². The second-order valence-electron chi connectivity index (χ2n) is 3.94. The van der Waals surface area contributed by atoms with Crippen LogP contribution in [0.1, 0.15) is 19.8 Å². The minimum Gasteiger partial charge on any atom is -0.260 e. The summed E-state index contributed by atoms with van der Waals surface area (Å²) in [6.45, 7) is 2.35. The molecule has 1 heterocycles. The van der Waals surface area contributed by atoms with Crippen LogP contribution >= 0.6 is 15.9 Å². The summed E-state index contributed by atoms with van der Waals surface area (Å²) in [5.74, 6) is -0.397. The van der Waals surface area contributed by atoms with Gasteiger partial charge in [-0.05, 0) is 18.4 Å². The molecule has 1 aromatic rings. The van der Waals surface area contributed by atoms with Gasteiger partial charge in [-0.3, -0.25) is 4.98 Å². The predicted molar refractivity (Wildman–Crippen MR) is 71.6 cm³/mol. The number of halogens is 2. The summed E-state index contributed by atoms with van der Waals surface area (Å²) >= 11 is 3.33. The summed E-state index contributed by atoms with van der Waals surface area (Å²) in [7, 11) is -3.67. The Balaban J connectivity index is 2.70. The zero-order valence-electron chi connectivity index (χ0n) is 10.1. The molecule has 7 heteroatoms. The summed E-state index contributed by atoms with van der Waals surface area (Å²) in [6.07, 6.45) is 3.88. The van der Waals surface area contributed by atoms with Crippen LogP contribution in [0.5, 0.6) is 0 Å². The van der Waals surface area contributed by atoms with Crippen LogP contribution in [0.3, 0.4) is 0 Å². The number of alkyl halides is 1. The SMILES string of the molecule is CCC(CCBr)CNS(=O)(=O)c1cncc(F)c1. The van der Waals surface area contributed by atoms with Crippen LogP contribution in [0.4, 0.5) is 4.39 Å². The Labute approximate surface area is 115 Å². The lowest BCUT2D eigenvalue weighted by Gasteiger charge is -2.14. The highest BCUT2D eigenvalue weighted by Gasteiger charge is 2.17. The maximum Gasteiger partial charge on any atom is 0.242 e. The first-order valence-electron chi connectivity index (χ1n) is 5.65. The van der Waals surface area contributed by atoms with E-state index in [4.69, 9.17) is 0 Å². The number of sulfonamides is 1. The van der Waals surface area contributed by atoms with Crippen molar-refractivity contribution in [2.75, 3.05) is 11.9 Å². The number of hydrogen-bond donors (Lipinski definition) is 1. The molecule has 0 spiro atoms. The highest BCUT2D eigenvalue weighted by molar-refractivity contribution is 9.09. The molecule has 1 N–H and O–H groups in total. The van der Waals surface area contributed by atoms with E-state index >= 15 is 0 Å². The van der Waals surface area contributed by atoms with Crippen molar-refractivity contribution in [3.05, 3.63) is 24.3 Å². The highest BCUT2D eigenvalue weighted by atomic mass is 79.9. The van der Waals surface area contributed by atoms with Gasteiger partial charge in [0.1, 0.15) is 10.7 Å². The van der Waals surface area contributed by atoms with Gasteiger partial charge in [-0.2, -0.15) is 0 Å². The summed E-state index contributed by atoms with van der Waals surface area (Å²) in [5.41, 5.74) is 0. The minimum atomic E-state index is -3.67. The van der Waals surface area contributed by atoms with E-state index in [9.17, 15) is 12.8 Å². The molecule has 0 amide bonds. The van der Waals surface area contributed by atoms with Gasteiger partial charge in [0.25, 0.3) is 0 Å². The highest BCUT2D eigenvalue weighted by Crippen LogP contribution is 2.12. The molecule has 4 nitrogen and oxygen atoms in total. The molecule has 0 bridgehead atoms. The second kappa shape index (κ2) is 7.16. The van der Waals surface area contributed by atoms with Gasteiger partial charge < -0.3 is 0 Å². The Bertz CT molecular complexity index is 482. The van der Waals surface area contributed by atoms with E-state index in [0.29, 0.717) is 6.54 Å². The molecule has 1 atom stereocenters. The third-order valence-corrected chi connectivity index (χ3v) is 4.50. The summed E-state index contributed by atoms with van der Waals surface area (Å²) in [5, 5.41) is 0.828. The van der Waals surface area contributed by atoms with E-state index in [-0.39, 0.29) is 10.8 Å². The van der Waals surface area contributed by atoms with E-state index in [1.807, 2.05) is 6.92 Å². The largest absolute Gasteiger partial charge is 0.260 e. The molecule has 0 saturated carbocycles. The van der Waals surface area contributed by atoms with Crippen molar-refractivity contribution in [3.63, 3.8) is 0 Å². The van der Waals surface area contributed by atoms with E-state index in [1.54, 1.807) is 0 Å². The van der Waals surface area contributed by atoms with Crippen LogP contribution in [0.25, 0.3) is 0 Å². The van der Waals surface area contributed by atoms with Gasteiger partial charge in [-0.25, -0.2) is 17.5 Å². The first-order chi connectivity index (χ1) is 8.49. The topological polar surface area (TPSA) is 59.1 Å². The van der Waals surface area contributed by atoms with Crippen LogP contribution in [-0.2, 0) is 10.0 Å². The molecular formula is C11H16BrFN2O2S. The van der Waals surface area contributed by atoms with Crippen molar-refractivity contribution in [1.29, 1.82) is 0 Å². The third kappa shape index (κ3) is 4.62. The van der Waals surface area contributed by atoms with E-state index in [0.717, 1.165) is 36.6 Å². The fraction of sp³-hybridized carbons (Fsp3) is 0.545. The Morgan fingerprint density at radius 2 is 2.22 bits per heavy atom. The average Bonchev–Trinajstić information content (AvgIpc) is 2.34. The molecule has 0 aromatic carbocycles. The van der Waals surface area contributed by atoms with E-state index < -0.39 is 15.8 Å². The van der Waals surface area contributed by atoms with Crippen molar-refractivity contribution in [2.45, 2.75) is 24.7 Å². The molecule has 0 saturated heterocycles. The number of aromatic nitrogens is 1. The second-order valence-corrected chi connectivity index (χ2v) is 6.50. The number of pyridine rings is 1. The predicted octanol–water partition coefficient (Wildman–Crippen LogP) is 2.31. The van der Waals surface area contributed by atoms with Crippen LogP contribution in [0.15, 0.2) is 23.4 Å². The average molecular weight is 339 g/mol. The number of rotatable bonds is 7. The van der Waals surface area contributed by atoms with Crippen molar-refractivity contribution in [3.8, 4) is 0 Å². The van der Waals surface area contributed by atoms with Crippen molar-refractivity contribution < 1.29 is 12.8 Å². The molecule has 0 aliphatic carbocycles. The first kappa shape index (κ1) is 15.5. The molecule has 0 fully saturated rings. The molecular weight excluding hydrogens is 323 g/mol. The smallest absolute Gasteiger partial charge is 0.242 e. The molecule has 1 aromatic heterocycles. The van der Waals surface area contributed by atoms with Gasteiger partial charge in [0.15, 0.2) is 0 Å². The molecule has 18 heavy (non-hydrogen) atoms. The zero-order valence-corrected chi connectivity index (χ0v) is 12.5. The maximum absolute atomic E-state index is 12.9. The van der Waals surface area contributed by atoms with Crippen LogP contribution < -0.4 is 4.72 Å². The van der Waals surface area contributed by atoms with Gasteiger partial charge in [-0.15, -0.1) is 0 Å². The molecule has 102 valence electrons. The van der Waals surface area contributed by atoms with Gasteiger partial charge >= 0.3 is 0 Å². The maximum atomic E-state index is 12.9. The summed E-state index contributed by atoms with van der Waals surface area (Å²) in [6, 6.07) is 0.959. The normalized spacial score (nSPS) is 13.5. The van der Waals surface area contributed by atoms with Crippen molar-refractivity contribution in [1.82, 2.24) is 9.71 Å². The van der Waals surface area contributed by atoms with Crippen LogP contribution in [-0.4, -0.2) is 25.3 Å². The first-order valence-corrected chi connectivity index (χ1v) is 8.26. The van der Waals surface area contributed by atoms with Gasteiger partial charge in [0.05, 0.1) is 6.20 Å². The van der Waals surface area contributed by atoms with Gasteiger partial charge in [0, 0.05) is 18.1 Å². The lowest BCUT2D eigenvalue weighted by atomic mass is 10.0. The summed E-state index contributed by atoms with van der Waals surface area (Å²) < 4.78 is 39.2. The van der Waals surface area contributed by atoms with Crippen LogP contribution in [0.2, 0.25) is 0 Å². The Morgan fingerprint density at radius 1 is 1.50 bits per heavy atom. The lowest BCUT2D eigenvalue weighted by molar-refractivity contribution is 0.482. The fourth-order valence-corrected chi connectivity index (χ4v) is 3.19. The van der Waals surface area contributed by atoms with E-state index in [2.05, 4.69) is 25.6 Å². The van der Waals surface area contributed by atoms with Crippen LogP contribution in [0, 0.1) is 11.7 Å². The molecule has 0 aliphatic rings. The molecule has 1 unspecified atom stereocenters. The Hall–Kier alpha value is -0.530. The standard InChI is InChI=1S/C11H16BrFN2O2S/c1-2-9(3-4-12)6-15-18(16,17)11-5-10(13)7-14-8-11/h5,7-9,15H,2-4,6H2,1H3. The minimum absolute atomic E-state index is 0.142. The monoisotopic (exact) mass is 338 g/mol. The Kier molecular flexibility index (Phi) is 6.17. The van der Waals surface area contributed by atoms with Gasteiger partial charge in [-0.1, -0.05) is 29.3 Å². The molecule has 0 aliphatic heterocycles. The fourth-order valence-electron chi connectivity index (χ4n) is 1.46. The zero-order chi connectivity index (χ0) is 13.6. The molecule has 0 radical (unpaired) electrons.